The first-order valence-electron chi connectivity index (χ1n) is 7.40. The minimum absolute atomic E-state index is 0.0610. The van der Waals surface area contributed by atoms with Crippen LogP contribution in [0.1, 0.15) is 34.8 Å². The number of halogens is 1. The van der Waals surface area contributed by atoms with Crippen LogP contribution in [-0.2, 0) is 7.05 Å². The van der Waals surface area contributed by atoms with Crippen molar-refractivity contribution in [3.8, 4) is 5.75 Å². The first-order chi connectivity index (χ1) is 10.9. The fourth-order valence-electron chi connectivity index (χ4n) is 2.85. The van der Waals surface area contributed by atoms with Crippen LogP contribution in [-0.4, -0.2) is 32.0 Å². The molecule has 7 heteroatoms. The van der Waals surface area contributed by atoms with Crippen LogP contribution in [0.2, 0.25) is 5.02 Å². The first-order valence-corrected chi connectivity index (χ1v) is 7.78. The second kappa shape index (κ2) is 6.22. The lowest BCUT2D eigenvalue weighted by molar-refractivity contribution is 0.0235. The molecule has 0 spiro atoms. The molecule has 1 heterocycles. The Morgan fingerprint density at radius 2 is 2.22 bits per heavy atom. The molecule has 0 unspecified atom stereocenters. The lowest BCUT2D eigenvalue weighted by Crippen LogP contribution is -2.41. The van der Waals surface area contributed by atoms with Crippen molar-refractivity contribution >= 4 is 17.5 Å². The van der Waals surface area contributed by atoms with Gasteiger partial charge in [-0.3, -0.25) is 9.48 Å². The number of aromatic nitrogens is 2. The van der Waals surface area contributed by atoms with E-state index in [0.717, 1.165) is 5.56 Å². The van der Waals surface area contributed by atoms with Gasteiger partial charge in [0.1, 0.15) is 5.75 Å². The Hall–Kier alpha value is -2.05. The zero-order chi connectivity index (χ0) is 16.6. The molecule has 23 heavy (non-hydrogen) atoms. The fraction of sp³-hybridized carbons (Fsp3) is 0.375. The van der Waals surface area contributed by atoms with Gasteiger partial charge in [0.25, 0.3) is 5.91 Å². The highest BCUT2D eigenvalue weighted by Gasteiger charge is 2.36. The van der Waals surface area contributed by atoms with E-state index >= 15 is 0 Å². The summed E-state index contributed by atoms with van der Waals surface area (Å²) < 4.78 is 1.68. The summed E-state index contributed by atoms with van der Waals surface area (Å²) in [6.45, 7) is 0. The fourth-order valence-corrected chi connectivity index (χ4v) is 3.03. The van der Waals surface area contributed by atoms with Crippen molar-refractivity contribution in [3.63, 3.8) is 0 Å². The van der Waals surface area contributed by atoms with E-state index in [1.54, 1.807) is 10.9 Å². The number of nitrogens with one attached hydrogen (secondary N) is 1. The molecule has 6 nitrogen and oxygen atoms in total. The summed E-state index contributed by atoms with van der Waals surface area (Å²) in [6, 6.07) is 4.13. The highest BCUT2D eigenvalue weighted by Crippen LogP contribution is 2.38. The van der Waals surface area contributed by atoms with Gasteiger partial charge in [-0.05, 0) is 37.0 Å². The summed E-state index contributed by atoms with van der Waals surface area (Å²) >= 11 is 5.86. The van der Waals surface area contributed by atoms with Gasteiger partial charge in [-0.25, -0.2) is 0 Å². The van der Waals surface area contributed by atoms with Gasteiger partial charge in [0.05, 0.1) is 23.4 Å². The summed E-state index contributed by atoms with van der Waals surface area (Å²) in [5.74, 6) is -0.165. The molecular weight excluding hydrogens is 318 g/mol. The predicted molar refractivity (Wildman–Crippen MR) is 85.3 cm³/mol. The first kappa shape index (κ1) is 15.8. The van der Waals surface area contributed by atoms with Crippen LogP contribution in [0, 0.1) is 5.92 Å². The largest absolute Gasteiger partial charge is 0.506 e. The molecule has 122 valence electrons. The molecule has 1 amide bonds. The Bertz CT molecular complexity index is 725. The maximum atomic E-state index is 12.5. The second-order valence-corrected chi connectivity index (χ2v) is 6.36. The topological polar surface area (TPSA) is 87.4 Å². The van der Waals surface area contributed by atoms with Crippen molar-refractivity contribution in [3.05, 3.63) is 46.7 Å². The Labute approximate surface area is 138 Å². The third-order valence-corrected chi connectivity index (χ3v) is 4.50. The zero-order valence-electron chi connectivity index (χ0n) is 12.6. The number of aliphatic hydroxyl groups excluding tert-OH is 1. The molecule has 0 bridgehead atoms. The van der Waals surface area contributed by atoms with Crippen LogP contribution in [0.3, 0.4) is 0 Å². The van der Waals surface area contributed by atoms with Gasteiger partial charge in [0.15, 0.2) is 0 Å². The smallest absolute Gasteiger partial charge is 0.251 e. The van der Waals surface area contributed by atoms with Crippen molar-refractivity contribution in [2.75, 3.05) is 0 Å². The van der Waals surface area contributed by atoms with Gasteiger partial charge in [0.2, 0.25) is 0 Å². The van der Waals surface area contributed by atoms with Crippen LogP contribution in [0.5, 0.6) is 5.75 Å². The average Bonchev–Trinajstić information content (AvgIpc) is 2.91. The van der Waals surface area contributed by atoms with E-state index in [9.17, 15) is 15.0 Å². The summed E-state index contributed by atoms with van der Waals surface area (Å²) in [4.78, 5) is 12.5. The van der Waals surface area contributed by atoms with E-state index in [0.29, 0.717) is 18.4 Å². The van der Waals surface area contributed by atoms with Crippen molar-refractivity contribution in [1.29, 1.82) is 0 Å². The quantitative estimate of drug-likeness (QED) is 0.797. The van der Waals surface area contributed by atoms with Crippen molar-refractivity contribution in [1.82, 2.24) is 15.1 Å². The third-order valence-electron chi connectivity index (χ3n) is 4.20. The summed E-state index contributed by atoms with van der Waals surface area (Å²) in [7, 11) is 1.82. The monoisotopic (exact) mass is 335 g/mol. The number of benzene rings is 1. The minimum atomic E-state index is -0.306. The number of phenolic OH excluding ortho intramolecular Hbond substituents is 1. The van der Waals surface area contributed by atoms with E-state index in [4.69, 9.17) is 11.6 Å². The number of rotatable bonds is 4. The molecule has 1 saturated carbocycles. The van der Waals surface area contributed by atoms with E-state index in [-0.39, 0.29) is 34.7 Å². The average molecular weight is 336 g/mol. The van der Waals surface area contributed by atoms with Crippen LogP contribution < -0.4 is 5.32 Å². The number of hydrogen-bond acceptors (Lipinski definition) is 4. The van der Waals surface area contributed by atoms with Gasteiger partial charge in [0, 0.05) is 24.4 Å². The number of aromatic hydroxyl groups is 1. The maximum Gasteiger partial charge on any atom is 0.251 e. The molecule has 1 aliphatic rings. The number of aliphatic hydroxyl groups is 1. The Morgan fingerprint density at radius 1 is 1.48 bits per heavy atom. The zero-order valence-corrected chi connectivity index (χ0v) is 13.4. The molecule has 0 radical (unpaired) electrons. The van der Waals surface area contributed by atoms with E-state index < -0.39 is 0 Å². The minimum Gasteiger partial charge on any atom is -0.506 e. The van der Waals surface area contributed by atoms with Crippen LogP contribution in [0.4, 0.5) is 0 Å². The molecule has 1 fully saturated rings. The van der Waals surface area contributed by atoms with Crippen LogP contribution in [0.25, 0.3) is 0 Å². The Kier molecular flexibility index (Phi) is 4.28. The molecule has 1 atom stereocenters. The molecule has 1 aliphatic carbocycles. The molecule has 1 aromatic heterocycles. The molecule has 0 aliphatic heterocycles. The standard InChI is InChI=1S/C16H18ClN3O3/c1-20-8-11(7-18-20)15(10-4-12(21)5-10)19-16(23)9-2-3-14(22)13(17)6-9/h2-3,6-8,10,12,15,21-22H,4-5H2,1H3,(H,19,23)/t10?,12?,15-/m0/s1. The van der Waals surface area contributed by atoms with Gasteiger partial charge >= 0.3 is 0 Å². The van der Waals surface area contributed by atoms with Gasteiger partial charge in [-0.15, -0.1) is 0 Å². The number of amides is 1. The van der Waals surface area contributed by atoms with Crippen LogP contribution >= 0.6 is 11.6 Å². The summed E-state index contributed by atoms with van der Waals surface area (Å²) in [5, 5.41) is 26.3. The Balaban J connectivity index is 1.80. The van der Waals surface area contributed by atoms with E-state index in [1.165, 1.54) is 18.2 Å². The summed E-state index contributed by atoms with van der Waals surface area (Å²) in [5.41, 5.74) is 1.28. The number of aryl methyl sites for hydroxylation is 1. The third kappa shape index (κ3) is 3.33. The van der Waals surface area contributed by atoms with Crippen molar-refractivity contribution in [2.45, 2.75) is 25.0 Å². The molecular formula is C16H18ClN3O3. The van der Waals surface area contributed by atoms with Crippen molar-refractivity contribution in [2.24, 2.45) is 13.0 Å². The molecule has 1 aromatic carbocycles. The number of carbonyl (C=O) groups is 1. The lowest BCUT2D eigenvalue weighted by atomic mass is 9.75. The molecule has 3 N–H and O–H groups in total. The van der Waals surface area contributed by atoms with E-state index in [1.807, 2.05) is 13.2 Å². The lowest BCUT2D eigenvalue weighted by Gasteiger charge is -2.37. The highest BCUT2D eigenvalue weighted by molar-refractivity contribution is 6.32. The predicted octanol–water partition coefficient (Wildman–Crippen LogP) is 2.02. The van der Waals surface area contributed by atoms with Gasteiger partial charge in [-0.2, -0.15) is 5.10 Å². The second-order valence-electron chi connectivity index (χ2n) is 5.95. The van der Waals surface area contributed by atoms with Crippen LogP contribution in [0.15, 0.2) is 30.6 Å². The van der Waals surface area contributed by atoms with E-state index in [2.05, 4.69) is 10.4 Å². The number of phenols is 1. The Morgan fingerprint density at radius 3 is 2.78 bits per heavy atom. The summed E-state index contributed by atoms with van der Waals surface area (Å²) in [6.07, 6.45) is 4.57. The SMILES string of the molecule is Cn1cc([C@@H](NC(=O)c2ccc(O)c(Cl)c2)C2CC(O)C2)cn1. The number of carbonyl (C=O) groups excluding carboxylic acids is 1. The number of hydrogen-bond donors (Lipinski definition) is 3. The maximum absolute atomic E-state index is 12.5. The highest BCUT2D eigenvalue weighted by atomic mass is 35.5. The van der Waals surface area contributed by atoms with Gasteiger partial charge < -0.3 is 15.5 Å². The molecule has 3 rings (SSSR count). The molecule has 2 aromatic rings. The number of nitrogens with zero attached hydrogens (tertiary/aromatic N) is 2. The molecule has 0 saturated heterocycles. The normalized spacial score (nSPS) is 21.5. The van der Waals surface area contributed by atoms with Gasteiger partial charge in [-0.1, -0.05) is 11.6 Å². The van der Waals surface area contributed by atoms with Crippen molar-refractivity contribution < 1.29 is 15.0 Å².